The SMILES string of the molecule is C=Cc1cn([C@@H]2O[C@H](CO)[C@@H](O)[C@@]2(C)Cl)c2ncnc(NOCC)c12. The van der Waals surface area contributed by atoms with Gasteiger partial charge in [-0.3, -0.25) is 4.84 Å². The summed E-state index contributed by atoms with van der Waals surface area (Å²) in [6, 6.07) is 0. The van der Waals surface area contributed by atoms with Crippen LogP contribution in [-0.2, 0) is 9.57 Å². The maximum absolute atomic E-state index is 10.3. The first-order chi connectivity index (χ1) is 12.0. The number of hydrogen-bond donors (Lipinski definition) is 3. The van der Waals surface area contributed by atoms with Crippen LogP contribution in [0, 0.1) is 0 Å². The zero-order chi connectivity index (χ0) is 18.2. The first-order valence-electron chi connectivity index (χ1n) is 7.94. The van der Waals surface area contributed by atoms with E-state index in [9.17, 15) is 10.2 Å². The van der Waals surface area contributed by atoms with Crippen molar-refractivity contribution in [2.24, 2.45) is 0 Å². The Morgan fingerprint density at radius 1 is 1.56 bits per heavy atom. The average molecular weight is 369 g/mol. The third-order valence-electron chi connectivity index (χ3n) is 4.32. The van der Waals surface area contributed by atoms with Gasteiger partial charge in [-0.1, -0.05) is 12.7 Å². The second-order valence-corrected chi connectivity index (χ2v) is 6.77. The number of alkyl halides is 1. The summed E-state index contributed by atoms with van der Waals surface area (Å²) >= 11 is 6.55. The summed E-state index contributed by atoms with van der Waals surface area (Å²) in [6.07, 6.45) is 2.30. The van der Waals surface area contributed by atoms with Gasteiger partial charge < -0.3 is 19.5 Å². The smallest absolute Gasteiger partial charge is 0.163 e. The number of nitrogens with one attached hydrogen (secondary N) is 1. The lowest BCUT2D eigenvalue weighted by Crippen LogP contribution is -2.39. The molecule has 1 aliphatic heterocycles. The molecule has 0 saturated carbocycles. The Morgan fingerprint density at radius 3 is 2.92 bits per heavy atom. The third kappa shape index (κ3) is 2.90. The molecule has 4 atom stereocenters. The van der Waals surface area contributed by atoms with E-state index in [4.69, 9.17) is 21.2 Å². The van der Waals surface area contributed by atoms with Crippen molar-refractivity contribution in [2.45, 2.75) is 37.2 Å². The molecule has 1 aliphatic rings. The van der Waals surface area contributed by atoms with E-state index in [2.05, 4.69) is 22.0 Å². The van der Waals surface area contributed by atoms with Crippen molar-refractivity contribution in [3.63, 3.8) is 0 Å². The Bertz CT molecular complexity index is 779. The lowest BCUT2D eigenvalue weighted by Gasteiger charge is -2.26. The van der Waals surface area contributed by atoms with Gasteiger partial charge in [0.15, 0.2) is 12.0 Å². The summed E-state index contributed by atoms with van der Waals surface area (Å²) in [6.45, 7) is 7.47. The van der Waals surface area contributed by atoms with Gasteiger partial charge in [-0.2, -0.15) is 0 Å². The van der Waals surface area contributed by atoms with Gasteiger partial charge in [-0.25, -0.2) is 15.4 Å². The molecule has 0 spiro atoms. The normalized spacial score (nSPS) is 29.2. The van der Waals surface area contributed by atoms with E-state index in [1.54, 1.807) is 23.8 Å². The van der Waals surface area contributed by atoms with Crippen LogP contribution in [0.25, 0.3) is 17.1 Å². The number of anilines is 1. The van der Waals surface area contributed by atoms with Crippen LogP contribution in [0.1, 0.15) is 25.6 Å². The fourth-order valence-corrected chi connectivity index (χ4v) is 3.32. The van der Waals surface area contributed by atoms with Gasteiger partial charge in [-0.15, -0.1) is 11.6 Å². The standard InChI is InChI=1S/C16H21ClN4O4/c1-4-9-6-21(15-16(3,17)12(23)10(7-22)25-15)14-11(9)13(18-8-19-14)20-24-5-2/h4,6,8,10,12,15,22-23H,1,5,7H2,2-3H3,(H,18,19,20)/t10-,12-,15-,16-/m1/s1. The summed E-state index contributed by atoms with van der Waals surface area (Å²) in [5.74, 6) is 0.494. The molecule has 9 heteroatoms. The minimum Gasteiger partial charge on any atom is -0.394 e. The molecule has 0 bridgehead atoms. The van der Waals surface area contributed by atoms with Crippen molar-refractivity contribution in [1.29, 1.82) is 0 Å². The van der Waals surface area contributed by atoms with Gasteiger partial charge in [-0.05, 0) is 13.8 Å². The molecule has 2 aromatic rings. The molecule has 2 aromatic heterocycles. The molecule has 0 radical (unpaired) electrons. The summed E-state index contributed by atoms with van der Waals surface area (Å²) in [7, 11) is 0. The number of aromatic nitrogens is 3. The Kier molecular flexibility index (Phi) is 4.99. The highest BCUT2D eigenvalue weighted by Gasteiger charge is 2.53. The minimum atomic E-state index is -1.14. The third-order valence-corrected chi connectivity index (χ3v) is 4.73. The molecule has 0 aliphatic carbocycles. The quantitative estimate of drug-likeness (QED) is 0.526. The van der Waals surface area contributed by atoms with Crippen LogP contribution in [0.4, 0.5) is 5.82 Å². The predicted molar refractivity (Wildman–Crippen MR) is 94.1 cm³/mol. The molecular formula is C16H21ClN4O4. The first-order valence-corrected chi connectivity index (χ1v) is 8.32. The van der Waals surface area contributed by atoms with E-state index in [-0.39, 0.29) is 6.61 Å². The summed E-state index contributed by atoms with van der Waals surface area (Å²) in [4.78, 5) is 12.6. The van der Waals surface area contributed by atoms with Crippen LogP contribution < -0.4 is 5.48 Å². The Morgan fingerprint density at radius 2 is 2.32 bits per heavy atom. The van der Waals surface area contributed by atoms with Gasteiger partial charge in [0.1, 0.15) is 29.1 Å². The minimum absolute atomic E-state index is 0.334. The van der Waals surface area contributed by atoms with Crippen molar-refractivity contribution in [3.8, 4) is 0 Å². The number of aliphatic hydroxyl groups is 2. The fourth-order valence-electron chi connectivity index (χ4n) is 3.03. The van der Waals surface area contributed by atoms with Crippen molar-refractivity contribution < 1.29 is 19.8 Å². The first kappa shape index (κ1) is 18.1. The van der Waals surface area contributed by atoms with Crippen LogP contribution in [0.3, 0.4) is 0 Å². The van der Waals surface area contributed by atoms with Crippen LogP contribution in [0.5, 0.6) is 0 Å². The molecule has 0 aromatic carbocycles. The zero-order valence-electron chi connectivity index (χ0n) is 14.0. The monoisotopic (exact) mass is 368 g/mol. The van der Waals surface area contributed by atoms with E-state index >= 15 is 0 Å². The largest absolute Gasteiger partial charge is 0.394 e. The predicted octanol–water partition coefficient (Wildman–Crippen LogP) is 1.69. The molecule has 136 valence electrons. The summed E-state index contributed by atoms with van der Waals surface area (Å²) in [5, 5.41) is 20.5. The summed E-state index contributed by atoms with van der Waals surface area (Å²) < 4.78 is 7.52. The second-order valence-electron chi connectivity index (χ2n) is 5.96. The number of aliphatic hydroxyl groups excluding tert-OH is 2. The maximum atomic E-state index is 10.3. The number of nitrogens with zero attached hydrogens (tertiary/aromatic N) is 3. The molecule has 0 unspecified atom stereocenters. The molecule has 1 fully saturated rings. The highest BCUT2D eigenvalue weighted by molar-refractivity contribution is 6.24. The van der Waals surface area contributed by atoms with Crippen LogP contribution in [0.2, 0.25) is 0 Å². The number of rotatable bonds is 6. The van der Waals surface area contributed by atoms with Crippen LogP contribution in [-0.4, -0.2) is 55.0 Å². The van der Waals surface area contributed by atoms with Crippen molar-refractivity contribution in [3.05, 3.63) is 24.7 Å². The van der Waals surface area contributed by atoms with Crippen molar-refractivity contribution >= 4 is 34.5 Å². The Labute approximate surface area is 150 Å². The molecule has 3 N–H and O–H groups in total. The van der Waals surface area contributed by atoms with E-state index in [0.29, 0.717) is 23.5 Å². The fraction of sp³-hybridized carbons (Fsp3) is 0.500. The molecule has 1 saturated heterocycles. The Hall–Kier alpha value is -1.71. The topological polar surface area (TPSA) is 102 Å². The highest BCUT2D eigenvalue weighted by atomic mass is 35.5. The van der Waals surface area contributed by atoms with E-state index < -0.39 is 23.3 Å². The Balaban J connectivity index is 2.13. The molecule has 25 heavy (non-hydrogen) atoms. The molecular weight excluding hydrogens is 348 g/mol. The number of halogens is 1. The number of fused-ring (bicyclic) bond motifs is 1. The van der Waals surface area contributed by atoms with Crippen molar-refractivity contribution in [1.82, 2.24) is 14.5 Å². The lowest BCUT2D eigenvalue weighted by atomic mass is 10.0. The van der Waals surface area contributed by atoms with Gasteiger partial charge in [0.05, 0.1) is 18.6 Å². The van der Waals surface area contributed by atoms with Crippen LogP contribution >= 0.6 is 11.6 Å². The van der Waals surface area contributed by atoms with E-state index in [1.165, 1.54) is 6.33 Å². The molecule has 3 rings (SSSR count). The zero-order valence-corrected chi connectivity index (χ0v) is 14.8. The highest BCUT2D eigenvalue weighted by Crippen LogP contribution is 2.45. The average Bonchev–Trinajstić information content (AvgIpc) is 3.09. The molecule has 3 heterocycles. The van der Waals surface area contributed by atoms with Gasteiger partial charge >= 0.3 is 0 Å². The van der Waals surface area contributed by atoms with Gasteiger partial charge in [0, 0.05) is 11.8 Å². The summed E-state index contributed by atoms with van der Waals surface area (Å²) in [5.41, 5.74) is 4.10. The second kappa shape index (κ2) is 6.89. The van der Waals surface area contributed by atoms with E-state index in [1.807, 2.05) is 6.92 Å². The number of ether oxygens (including phenoxy) is 1. The molecule has 8 nitrogen and oxygen atoms in total. The maximum Gasteiger partial charge on any atom is 0.163 e. The number of hydrogen-bond acceptors (Lipinski definition) is 7. The van der Waals surface area contributed by atoms with Gasteiger partial charge in [0.25, 0.3) is 0 Å². The van der Waals surface area contributed by atoms with Crippen molar-refractivity contribution in [2.75, 3.05) is 18.7 Å². The van der Waals surface area contributed by atoms with Crippen LogP contribution in [0.15, 0.2) is 19.1 Å². The van der Waals surface area contributed by atoms with E-state index in [0.717, 1.165) is 5.56 Å². The lowest BCUT2D eigenvalue weighted by molar-refractivity contribution is -0.0439. The molecule has 0 amide bonds. The van der Waals surface area contributed by atoms with Gasteiger partial charge in [0.2, 0.25) is 0 Å².